The number of H-pyrrole nitrogens is 2. The summed E-state index contributed by atoms with van der Waals surface area (Å²) in [6.45, 7) is 33.0. The van der Waals surface area contributed by atoms with Gasteiger partial charge in [-0.1, -0.05) is 16.3 Å². The molecule has 0 bridgehead atoms. The molecule has 8 amide bonds. The maximum Gasteiger partial charge on any atom is 0.335 e. The molecule has 0 saturated carbocycles. The summed E-state index contributed by atoms with van der Waals surface area (Å²) >= 11 is 0. The Hall–Kier alpha value is -14.1. The Kier molecular flexibility index (Phi) is 27.0. The number of piperidine rings is 6. The van der Waals surface area contributed by atoms with Crippen molar-refractivity contribution < 1.29 is 53.1 Å². The molecule has 12 aliphatic rings. The number of nitrogens with zero attached hydrogens (tertiary/aromatic N) is 24. The first kappa shape index (κ1) is 96.4. The van der Waals surface area contributed by atoms with Crippen molar-refractivity contribution in [2.45, 2.75) is 187 Å². The molecule has 748 valence electrons. The third-order valence-corrected chi connectivity index (χ3v) is 32.1. The minimum atomic E-state index is -0.964. The van der Waals surface area contributed by atoms with E-state index in [0.717, 1.165) is 224 Å². The summed E-state index contributed by atoms with van der Waals surface area (Å²) in [5.74, 6) is 1.00. The molecule has 12 aliphatic heterocycles. The second-order valence-corrected chi connectivity index (χ2v) is 41.2. The van der Waals surface area contributed by atoms with Gasteiger partial charge in [-0.3, -0.25) is 83.6 Å². The van der Waals surface area contributed by atoms with E-state index in [4.69, 9.17) is 25.9 Å². The molecule has 0 aliphatic carbocycles. The standard InChI is InChI=1S/C52H62N14O5.C43H52N10O4.C8H11N5O2/c1-30-26-63(45-24-37(12-17-53-45)48-41-22-36(6-9-42(41)55-56-48)23-44(67)47-32(3)60(5)52-57-58-59-66(52)33(47)4)27-31(2)64(30)29-35-13-18-61(19-14-35)28-34-15-20-62(21-16-34)38-7-8-39-40(25-38)51(71)65(50(39)70)43-10-11-46(68)54-49(43)69;1-26-22-51(38-19-30(9-14-45-38)40-35-20-31(44)3-6-36(35)47-48-40)23-27(2)52(26)25-29-10-15-49(16-11-29)24-28-12-17-50(18-13-28)32-4-5-33-34(21-32)43(57)53(42(33)56)37-7-8-39(54)46-41(37)55;1-4-6(7(14)15)5(2)13-8(12(4)3)9-10-11-13/h6-9,12,17,22,24-25,30-31,33-35,43H,10-11,13-16,18-21,23,26-29H2,1-5H3,(H,55,56)(H,54,68,69);3-6,9,14,19-21,26-29,37H,7-8,10-13,15-18,22-25,44H2,1-2H3,(H,47,48)(H,46,54,55);5H,1-3H3,(H,14,15)/t30-,31+,33?,43?;26-,27+,37?;. The number of carboxylic acids is 1. The molecular formula is C103H125N29O11. The number of carbonyl (C=O) groups excluding carboxylic acids is 9. The lowest BCUT2D eigenvalue weighted by molar-refractivity contribution is -0.137. The molecule has 0 spiro atoms. The van der Waals surface area contributed by atoms with Crippen LogP contribution in [0.3, 0.4) is 0 Å². The monoisotopic (exact) mass is 1940 g/mol. The number of benzene rings is 4. The number of aromatic nitrogens is 14. The zero-order valence-corrected chi connectivity index (χ0v) is 82.7. The largest absolute Gasteiger partial charge is 0.478 e. The zero-order chi connectivity index (χ0) is 99.8. The van der Waals surface area contributed by atoms with E-state index in [9.17, 15) is 47.9 Å². The van der Waals surface area contributed by atoms with Crippen molar-refractivity contribution >= 4 is 121 Å². The van der Waals surface area contributed by atoms with Gasteiger partial charge in [-0.15, -0.1) is 0 Å². The second-order valence-electron chi connectivity index (χ2n) is 41.2. The van der Waals surface area contributed by atoms with Crippen molar-refractivity contribution in [3.63, 3.8) is 0 Å². The fraction of sp³-hybridized carbons (Fsp3) is 0.495. The topological polar surface area (TPSA) is 450 Å². The van der Waals surface area contributed by atoms with E-state index in [1.807, 2.05) is 98.9 Å². The van der Waals surface area contributed by atoms with Crippen LogP contribution in [-0.2, 0) is 35.2 Å². The number of likely N-dealkylation sites (tertiary alicyclic amines) is 2. The molecule has 0 radical (unpaired) electrons. The van der Waals surface area contributed by atoms with Gasteiger partial charge in [0.1, 0.15) is 35.1 Å². The third kappa shape index (κ3) is 19.1. The Morgan fingerprint density at radius 1 is 0.441 bits per heavy atom. The van der Waals surface area contributed by atoms with E-state index in [2.05, 4.69) is 142 Å². The number of nitrogens with one attached hydrogen (secondary N) is 4. The normalized spacial score (nSPS) is 23.8. The van der Waals surface area contributed by atoms with E-state index < -0.39 is 53.5 Å². The number of ketones is 1. The summed E-state index contributed by atoms with van der Waals surface area (Å²) in [5.41, 5.74) is 19.1. The summed E-state index contributed by atoms with van der Waals surface area (Å²) < 4.78 is 3.19. The number of rotatable bonds is 20. The van der Waals surface area contributed by atoms with Gasteiger partial charge in [-0.2, -0.15) is 10.2 Å². The van der Waals surface area contributed by atoms with E-state index in [1.54, 1.807) is 48.7 Å². The Morgan fingerprint density at radius 2 is 0.839 bits per heavy atom. The number of piperazine rings is 2. The number of aliphatic carboxylic acids is 1. The maximum atomic E-state index is 13.9. The number of anilines is 7. The molecule has 4 unspecified atom stereocenters. The van der Waals surface area contributed by atoms with Crippen LogP contribution in [0.15, 0.2) is 132 Å². The summed E-state index contributed by atoms with van der Waals surface area (Å²) in [6.07, 6.45) is 13.7. The quantitative estimate of drug-likeness (QED) is 0.0306. The van der Waals surface area contributed by atoms with E-state index in [0.29, 0.717) is 98.8 Å². The molecule has 8 atom stereocenters. The highest BCUT2D eigenvalue weighted by molar-refractivity contribution is 6.25. The third-order valence-electron chi connectivity index (χ3n) is 32.1. The van der Waals surface area contributed by atoms with Crippen LogP contribution in [-0.4, -0.2) is 319 Å². The Bertz CT molecular complexity index is 6680. The summed E-state index contributed by atoms with van der Waals surface area (Å²) in [7, 11) is 3.62. The van der Waals surface area contributed by atoms with Gasteiger partial charge in [0, 0.05) is 204 Å². The van der Waals surface area contributed by atoms with Gasteiger partial charge in [0.25, 0.3) is 23.6 Å². The SMILES string of the molecule is CC1=C(C(=O)Cc2ccc3[nH]nc(-c4ccnc(N5C[C@@H](C)N(CC6CCN(CC7CCN(c8ccc9c(c8)C(=O)N(C8CCC(=O)NC8=O)C9=O)CC7)CC6)[C@@H](C)C5)c4)c3c2)C(C)n2nnnc2N1C.CC1=C(C(=O)O)C(C)n2nnnc2N1C.C[C@@H]1CN(c2cc(-c3n[nH]c4ccc(N)cc34)ccn2)C[C@H](C)N1CC1CCN(CC2CCN(c3ccc4c(c3)C(=O)N(C3CCC(=O)NC3=O)C4=O)CC2)CC1. The molecule has 7 N–H and O–H groups in total. The number of allylic oxidation sites excluding steroid dienone is 3. The number of tetrazole rings is 2. The molecule has 18 heterocycles. The number of hydrogen-bond acceptors (Lipinski definition) is 31. The highest BCUT2D eigenvalue weighted by Gasteiger charge is 2.49. The van der Waals surface area contributed by atoms with Gasteiger partial charge in [-0.25, -0.2) is 24.1 Å². The first-order valence-corrected chi connectivity index (χ1v) is 50.4. The minimum Gasteiger partial charge on any atom is -0.478 e. The van der Waals surface area contributed by atoms with Crippen molar-refractivity contribution in [2.24, 2.45) is 23.7 Å². The lowest BCUT2D eigenvalue weighted by atomic mass is 9.91. The number of carboxylic acid groups (broad SMARTS) is 1. The van der Waals surface area contributed by atoms with Crippen LogP contribution in [0.2, 0.25) is 0 Å². The van der Waals surface area contributed by atoms with Crippen LogP contribution in [0, 0.1) is 23.7 Å². The van der Waals surface area contributed by atoms with Crippen molar-refractivity contribution in [1.29, 1.82) is 0 Å². The average Bonchev–Trinajstić information content (AvgIpc) is 1.57. The Labute approximate surface area is 828 Å². The minimum absolute atomic E-state index is 0.0392. The molecule has 6 aromatic heterocycles. The number of nitrogen functional groups attached to an aromatic ring is 1. The lowest BCUT2D eigenvalue weighted by Crippen LogP contribution is -2.58. The number of Topliss-reactive ketones (excluding diaryl/α,β-unsaturated/α-hetero) is 1. The number of nitrogens with two attached hydrogens (primary N) is 1. The van der Waals surface area contributed by atoms with Crippen LogP contribution in [0.5, 0.6) is 0 Å². The van der Waals surface area contributed by atoms with E-state index in [1.165, 1.54) is 30.4 Å². The predicted octanol–water partition coefficient (Wildman–Crippen LogP) is 8.82. The van der Waals surface area contributed by atoms with Crippen molar-refractivity contribution in [3.05, 3.63) is 160 Å². The first-order valence-electron chi connectivity index (χ1n) is 50.4. The molecule has 8 saturated heterocycles. The van der Waals surface area contributed by atoms with Crippen molar-refractivity contribution in [3.8, 4) is 22.5 Å². The second kappa shape index (κ2) is 40.0. The van der Waals surface area contributed by atoms with Crippen LogP contribution >= 0.6 is 0 Å². The fourth-order valence-corrected chi connectivity index (χ4v) is 23.9. The number of pyridine rings is 2. The predicted molar refractivity (Wildman–Crippen MR) is 537 cm³/mol. The molecule has 22 rings (SSSR count). The van der Waals surface area contributed by atoms with Gasteiger partial charge in [0.15, 0.2) is 5.78 Å². The van der Waals surface area contributed by atoms with Crippen molar-refractivity contribution in [2.75, 3.05) is 154 Å². The molecule has 8 fully saturated rings. The number of amides is 8. The van der Waals surface area contributed by atoms with Crippen LogP contribution in [0.4, 0.5) is 40.6 Å². The fourth-order valence-electron chi connectivity index (χ4n) is 23.9. The molecule has 4 aromatic carbocycles. The van der Waals surface area contributed by atoms with Gasteiger partial charge in [-0.05, 0) is 287 Å². The maximum absolute atomic E-state index is 13.9. The van der Waals surface area contributed by atoms with Crippen LogP contribution in [0.1, 0.15) is 192 Å². The van der Waals surface area contributed by atoms with E-state index in [-0.39, 0.29) is 61.8 Å². The van der Waals surface area contributed by atoms with Gasteiger partial charge in [0.2, 0.25) is 35.5 Å². The summed E-state index contributed by atoms with van der Waals surface area (Å²) in [6, 6.07) is 30.2. The van der Waals surface area contributed by atoms with Crippen LogP contribution in [0.25, 0.3) is 44.3 Å². The number of carbonyl (C=O) groups is 10. The molecule has 40 nitrogen and oxygen atoms in total. The molecule has 40 heteroatoms. The first-order chi connectivity index (χ1) is 68.9. The molecule has 10 aromatic rings. The number of hydrogen-bond donors (Lipinski definition) is 6. The summed E-state index contributed by atoms with van der Waals surface area (Å²) in [5, 5.41) is 54.6. The number of aromatic amines is 2. The van der Waals surface area contributed by atoms with Gasteiger partial charge in [0.05, 0.1) is 50.9 Å². The smallest absolute Gasteiger partial charge is 0.335 e. The molecule has 143 heavy (non-hydrogen) atoms. The van der Waals surface area contributed by atoms with Gasteiger partial charge >= 0.3 is 5.97 Å². The average molecular weight is 1950 g/mol. The highest BCUT2D eigenvalue weighted by Crippen LogP contribution is 2.42. The van der Waals surface area contributed by atoms with Gasteiger partial charge < -0.3 is 50.0 Å². The number of fused-ring (bicyclic) bond motifs is 6. The van der Waals surface area contributed by atoms with Crippen LogP contribution < -0.4 is 45.8 Å². The molecular weight excluding hydrogens is 1820 g/mol. The Balaban J connectivity index is 0.000000155. The Morgan fingerprint density at radius 3 is 1.27 bits per heavy atom. The summed E-state index contributed by atoms with van der Waals surface area (Å²) in [4.78, 5) is 162. The van der Waals surface area contributed by atoms with E-state index >= 15 is 0 Å². The highest BCUT2D eigenvalue weighted by atomic mass is 16.4. The lowest BCUT2D eigenvalue weighted by Gasteiger charge is -2.47. The zero-order valence-electron chi connectivity index (χ0n) is 82.7. The number of imide groups is 4. The van der Waals surface area contributed by atoms with Crippen molar-refractivity contribution in [1.82, 2.24) is 111 Å².